The van der Waals surface area contributed by atoms with E-state index in [2.05, 4.69) is 15.5 Å². The van der Waals surface area contributed by atoms with Crippen molar-refractivity contribution in [1.29, 1.82) is 0 Å². The Labute approximate surface area is 157 Å². The molecule has 0 N–H and O–H groups in total. The summed E-state index contributed by atoms with van der Waals surface area (Å²) in [6.45, 7) is 4.23. The lowest BCUT2D eigenvalue weighted by Crippen LogP contribution is -2.50. The zero-order valence-electron chi connectivity index (χ0n) is 15.3. The molecule has 1 aliphatic rings. The minimum atomic E-state index is -3.21. The van der Waals surface area contributed by atoms with Crippen molar-refractivity contribution in [1.82, 2.24) is 29.4 Å². The molecule has 3 rings (SSSR count). The van der Waals surface area contributed by atoms with Crippen LogP contribution in [0.25, 0.3) is 0 Å². The molecule has 11 heteroatoms. The first kappa shape index (κ1) is 19.2. The SMILES string of the molecule is CCn1nnnc1COc1ccc(C(=O)N2CCN(S(C)(=O)=O)CC2)cc1. The number of tetrazole rings is 1. The van der Waals surface area contributed by atoms with Crippen molar-refractivity contribution in [3.05, 3.63) is 35.7 Å². The van der Waals surface area contributed by atoms with E-state index < -0.39 is 10.0 Å². The second-order valence-corrected chi connectivity index (χ2v) is 8.16. The fourth-order valence-electron chi connectivity index (χ4n) is 2.82. The normalized spacial score (nSPS) is 15.7. The minimum absolute atomic E-state index is 0.121. The Morgan fingerprint density at radius 3 is 2.41 bits per heavy atom. The molecule has 1 saturated heterocycles. The largest absolute Gasteiger partial charge is 0.486 e. The second kappa shape index (κ2) is 8.01. The van der Waals surface area contributed by atoms with E-state index in [0.717, 1.165) is 0 Å². The van der Waals surface area contributed by atoms with Crippen LogP contribution in [0.3, 0.4) is 0 Å². The smallest absolute Gasteiger partial charge is 0.253 e. The third-order valence-corrected chi connectivity index (χ3v) is 5.67. The molecule has 0 bridgehead atoms. The lowest BCUT2D eigenvalue weighted by atomic mass is 10.2. The maximum Gasteiger partial charge on any atom is 0.253 e. The fraction of sp³-hybridized carbons (Fsp3) is 0.500. The number of piperazine rings is 1. The van der Waals surface area contributed by atoms with Crippen molar-refractivity contribution in [2.24, 2.45) is 0 Å². The van der Waals surface area contributed by atoms with Crippen LogP contribution in [0.5, 0.6) is 5.75 Å². The summed E-state index contributed by atoms with van der Waals surface area (Å²) in [5, 5.41) is 11.3. The van der Waals surface area contributed by atoms with Crippen molar-refractivity contribution in [3.8, 4) is 5.75 Å². The first-order valence-electron chi connectivity index (χ1n) is 8.61. The molecule has 0 radical (unpaired) electrons. The van der Waals surface area contributed by atoms with Gasteiger partial charge < -0.3 is 9.64 Å². The van der Waals surface area contributed by atoms with Gasteiger partial charge in [-0.15, -0.1) is 5.10 Å². The number of hydrogen-bond donors (Lipinski definition) is 0. The van der Waals surface area contributed by atoms with Crippen molar-refractivity contribution in [2.45, 2.75) is 20.1 Å². The lowest BCUT2D eigenvalue weighted by molar-refractivity contribution is 0.0698. The number of amides is 1. The summed E-state index contributed by atoms with van der Waals surface area (Å²) in [6.07, 6.45) is 1.18. The Morgan fingerprint density at radius 1 is 1.15 bits per heavy atom. The van der Waals surface area contributed by atoms with Crippen LogP contribution in [0.4, 0.5) is 0 Å². The number of sulfonamides is 1. The molecule has 0 aliphatic carbocycles. The summed E-state index contributed by atoms with van der Waals surface area (Å²) in [5.74, 6) is 1.12. The summed E-state index contributed by atoms with van der Waals surface area (Å²) in [6, 6.07) is 6.84. The summed E-state index contributed by atoms with van der Waals surface area (Å²) < 4.78 is 31.8. The minimum Gasteiger partial charge on any atom is -0.486 e. The van der Waals surface area contributed by atoms with E-state index in [4.69, 9.17) is 4.74 Å². The molecule has 1 fully saturated rings. The number of rotatable bonds is 6. The number of aromatic nitrogens is 4. The standard InChI is InChI=1S/C16H22N6O4S/c1-3-22-15(17-18-19-22)12-26-14-6-4-13(5-7-14)16(23)20-8-10-21(11-9-20)27(2,24)25/h4-7H,3,8-12H2,1-2H3. The summed E-state index contributed by atoms with van der Waals surface area (Å²) in [4.78, 5) is 14.2. The topological polar surface area (TPSA) is 111 Å². The molecule has 0 unspecified atom stereocenters. The van der Waals surface area contributed by atoms with E-state index in [1.54, 1.807) is 33.8 Å². The van der Waals surface area contributed by atoms with Gasteiger partial charge in [-0.05, 0) is 41.6 Å². The molecule has 2 aromatic rings. The highest BCUT2D eigenvalue weighted by molar-refractivity contribution is 7.88. The van der Waals surface area contributed by atoms with Gasteiger partial charge in [-0.2, -0.15) is 4.31 Å². The molecule has 10 nitrogen and oxygen atoms in total. The Morgan fingerprint density at radius 2 is 1.81 bits per heavy atom. The number of nitrogens with zero attached hydrogens (tertiary/aromatic N) is 6. The number of hydrogen-bond acceptors (Lipinski definition) is 7. The van der Waals surface area contributed by atoms with Crippen LogP contribution in [-0.2, 0) is 23.2 Å². The Kier molecular flexibility index (Phi) is 5.71. The number of carbonyl (C=O) groups is 1. The van der Waals surface area contributed by atoms with Gasteiger partial charge in [0.2, 0.25) is 10.0 Å². The van der Waals surface area contributed by atoms with Crippen LogP contribution in [0, 0.1) is 0 Å². The molecule has 1 aromatic heterocycles. The fourth-order valence-corrected chi connectivity index (χ4v) is 3.65. The van der Waals surface area contributed by atoms with Crippen molar-refractivity contribution < 1.29 is 17.9 Å². The monoisotopic (exact) mass is 394 g/mol. The van der Waals surface area contributed by atoms with E-state index in [9.17, 15) is 13.2 Å². The Balaban J connectivity index is 1.56. The van der Waals surface area contributed by atoms with Crippen molar-refractivity contribution in [2.75, 3.05) is 32.4 Å². The highest BCUT2D eigenvalue weighted by Gasteiger charge is 2.26. The molecule has 146 valence electrons. The lowest BCUT2D eigenvalue weighted by Gasteiger charge is -2.33. The molecule has 0 atom stereocenters. The maximum atomic E-state index is 12.6. The molecule has 1 amide bonds. The Hall–Kier alpha value is -2.53. The quantitative estimate of drug-likeness (QED) is 0.677. The van der Waals surface area contributed by atoms with Gasteiger partial charge in [0.25, 0.3) is 5.91 Å². The van der Waals surface area contributed by atoms with Gasteiger partial charge in [-0.25, -0.2) is 13.1 Å². The summed E-state index contributed by atoms with van der Waals surface area (Å²) in [7, 11) is -3.21. The molecule has 1 aliphatic heterocycles. The van der Waals surface area contributed by atoms with Crippen LogP contribution < -0.4 is 4.74 Å². The van der Waals surface area contributed by atoms with Gasteiger partial charge in [0, 0.05) is 38.3 Å². The van der Waals surface area contributed by atoms with E-state index in [-0.39, 0.29) is 12.5 Å². The van der Waals surface area contributed by atoms with E-state index in [1.165, 1.54) is 10.6 Å². The average molecular weight is 394 g/mol. The van der Waals surface area contributed by atoms with E-state index >= 15 is 0 Å². The molecule has 27 heavy (non-hydrogen) atoms. The van der Waals surface area contributed by atoms with Crippen LogP contribution >= 0.6 is 0 Å². The van der Waals surface area contributed by atoms with E-state index in [0.29, 0.717) is 49.9 Å². The van der Waals surface area contributed by atoms with Crippen LogP contribution in [0.2, 0.25) is 0 Å². The highest BCUT2D eigenvalue weighted by Crippen LogP contribution is 2.16. The van der Waals surface area contributed by atoms with Gasteiger partial charge in [-0.1, -0.05) is 0 Å². The first-order chi connectivity index (χ1) is 12.9. The van der Waals surface area contributed by atoms with Crippen LogP contribution in [-0.4, -0.2) is 76.2 Å². The van der Waals surface area contributed by atoms with Gasteiger partial charge in [0.15, 0.2) is 5.82 Å². The molecule has 0 saturated carbocycles. The number of carbonyl (C=O) groups excluding carboxylic acids is 1. The third-order valence-electron chi connectivity index (χ3n) is 4.37. The third kappa shape index (κ3) is 4.61. The average Bonchev–Trinajstić information content (AvgIpc) is 3.13. The van der Waals surface area contributed by atoms with Gasteiger partial charge in [0.05, 0.1) is 6.26 Å². The van der Waals surface area contributed by atoms with Gasteiger partial charge in [0.1, 0.15) is 12.4 Å². The molecule has 2 heterocycles. The number of ether oxygens (including phenoxy) is 1. The zero-order valence-corrected chi connectivity index (χ0v) is 16.1. The second-order valence-electron chi connectivity index (χ2n) is 6.18. The van der Waals surface area contributed by atoms with Gasteiger partial charge >= 0.3 is 0 Å². The summed E-state index contributed by atoms with van der Waals surface area (Å²) in [5.41, 5.74) is 0.536. The van der Waals surface area contributed by atoms with Crippen LogP contribution in [0.1, 0.15) is 23.1 Å². The van der Waals surface area contributed by atoms with E-state index in [1.807, 2.05) is 6.92 Å². The molecular formula is C16H22N6O4S. The van der Waals surface area contributed by atoms with Crippen LogP contribution in [0.15, 0.2) is 24.3 Å². The predicted molar refractivity (Wildman–Crippen MR) is 96.6 cm³/mol. The number of benzene rings is 1. The predicted octanol–water partition coefficient (Wildman–Crippen LogP) is -0.0106. The molecule has 0 spiro atoms. The maximum absolute atomic E-state index is 12.6. The highest BCUT2D eigenvalue weighted by atomic mass is 32.2. The summed E-state index contributed by atoms with van der Waals surface area (Å²) >= 11 is 0. The van der Waals surface area contributed by atoms with Crippen molar-refractivity contribution >= 4 is 15.9 Å². The number of aryl methyl sites for hydroxylation is 1. The van der Waals surface area contributed by atoms with Gasteiger partial charge in [-0.3, -0.25) is 4.79 Å². The molecular weight excluding hydrogens is 372 g/mol. The zero-order chi connectivity index (χ0) is 19.4. The molecule has 1 aromatic carbocycles. The van der Waals surface area contributed by atoms with Crippen molar-refractivity contribution in [3.63, 3.8) is 0 Å². The first-order valence-corrected chi connectivity index (χ1v) is 10.5. The Bertz CT molecular complexity index is 888.